The molecule has 0 saturated carbocycles. The number of methoxy groups -OCH3 is 1. The van der Waals surface area contributed by atoms with Gasteiger partial charge in [0.05, 0.1) is 17.2 Å². The van der Waals surface area contributed by atoms with Gasteiger partial charge >= 0.3 is 35.5 Å². The molecule has 0 atom stereocenters. The Balaban J connectivity index is -0.000000468. The third kappa shape index (κ3) is 27.0. The first-order valence-corrected chi connectivity index (χ1v) is 9.99. The minimum Gasteiger partial charge on any atom is -0.748 e. The van der Waals surface area contributed by atoms with Crippen LogP contribution in [-0.2, 0) is 19.6 Å². The number of ether oxygens (including phenoxy) is 1. The van der Waals surface area contributed by atoms with Gasteiger partial charge in [-0.3, -0.25) is 0 Å². The summed E-state index contributed by atoms with van der Waals surface area (Å²) in [5.74, 6) is -0.538. The predicted molar refractivity (Wildman–Crippen MR) is 93.2 cm³/mol. The van der Waals surface area contributed by atoms with Crippen molar-refractivity contribution in [1.82, 2.24) is 0 Å². The largest absolute Gasteiger partial charge is 1.00 e. The van der Waals surface area contributed by atoms with Gasteiger partial charge in [-0.1, -0.05) is 71.3 Å². The molecule has 0 spiro atoms. The molecule has 0 fully saturated rings. The predicted octanol–water partition coefficient (Wildman–Crippen LogP) is 1.19. The van der Waals surface area contributed by atoms with Crippen LogP contribution in [-0.4, -0.2) is 31.8 Å². The molecule has 0 aromatic rings. The maximum Gasteiger partial charge on any atom is 1.00 e. The SMILES string of the molecule is C=C(C)C(=O)OC.CCCCCCCCCCCCS(=O)(=O)[O-].[Na+]. The van der Waals surface area contributed by atoms with Gasteiger partial charge < -0.3 is 9.29 Å². The normalized spacial score (nSPS) is 10.2. The van der Waals surface area contributed by atoms with Crippen LogP contribution < -0.4 is 29.6 Å². The summed E-state index contributed by atoms with van der Waals surface area (Å²) in [6, 6.07) is 0. The number of rotatable bonds is 12. The molecule has 0 aromatic carbocycles. The number of carbonyl (C=O) groups excluding carboxylic acids is 1. The first-order valence-electron chi connectivity index (χ1n) is 8.42. The average Bonchev–Trinajstić information content (AvgIpc) is 2.47. The molecule has 0 rings (SSSR count). The molecule has 0 radical (unpaired) electrons. The van der Waals surface area contributed by atoms with E-state index in [4.69, 9.17) is 0 Å². The molecule has 24 heavy (non-hydrogen) atoms. The molecule has 0 N–H and O–H groups in total. The first kappa shape index (κ1) is 28.9. The van der Waals surface area contributed by atoms with E-state index in [1.165, 1.54) is 52.1 Å². The zero-order chi connectivity index (χ0) is 18.1. The van der Waals surface area contributed by atoms with Crippen LogP contribution in [0.4, 0.5) is 0 Å². The van der Waals surface area contributed by atoms with Crippen molar-refractivity contribution in [2.45, 2.75) is 78.1 Å². The van der Waals surface area contributed by atoms with Crippen molar-refractivity contribution >= 4 is 16.1 Å². The monoisotopic (exact) mass is 372 g/mol. The van der Waals surface area contributed by atoms with Gasteiger partial charge in [-0.05, 0) is 13.3 Å². The molecule has 5 nitrogen and oxygen atoms in total. The number of hydrogen-bond acceptors (Lipinski definition) is 5. The van der Waals surface area contributed by atoms with Gasteiger partial charge in [-0.15, -0.1) is 0 Å². The molecule has 0 bridgehead atoms. The second-order valence-corrected chi connectivity index (χ2v) is 7.24. The molecule has 0 heterocycles. The van der Waals surface area contributed by atoms with Crippen LogP contribution in [0.25, 0.3) is 0 Å². The zero-order valence-electron chi connectivity index (χ0n) is 15.9. The minimum atomic E-state index is -3.98. The molecule has 0 amide bonds. The Morgan fingerprint density at radius 3 is 1.58 bits per heavy atom. The van der Waals surface area contributed by atoms with E-state index in [9.17, 15) is 17.8 Å². The van der Waals surface area contributed by atoms with Crippen LogP contribution in [0.2, 0.25) is 0 Å². The molecule has 7 heteroatoms. The van der Waals surface area contributed by atoms with Crippen molar-refractivity contribution in [3.8, 4) is 0 Å². The fourth-order valence-electron chi connectivity index (χ4n) is 1.94. The smallest absolute Gasteiger partial charge is 0.748 e. The Morgan fingerprint density at radius 1 is 0.958 bits per heavy atom. The quantitative estimate of drug-likeness (QED) is 0.169. The summed E-state index contributed by atoms with van der Waals surface area (Å²) in [6.07, 6.45) is 11.4. The first-order chi connectivity index (χ1) is 10.7. The molecule has 138 valence electrons. The molecule has 0 aliphatic rings. The summed E-state index contributed by atoms with van der Waals surface area (Å²) in [7, 11) is -2.65. The van der Waals surface area contributed by atoms with Crippen molar-refractivity contribution in [3.63, 3.8) is 0 Å². The molecular formula is C17H33NaO5S. The third-order valence-electron chi connectivity index (χ3n) is 3.28. The van der Waals surface area contributed by atoms with Gasteiger partial charge in [-0.2, -0.15) is 0 Å². The summed E-state index contributed by atoms with van der Waals surface area (Å²) in [6.45, 7) is 7.17. The van der Waals surface area contributed by atoms with Gasteiger partial charge in [0.1, 0.15) is 0 Å². The van der Waals surface area contributed by atoms with E-state index in [-0.39, 0.29) is 41.3 Å². The Hall–Kier alpha value is 0.120. The Labute approximate surface area is 170 Å². The van der Waals surface area contributed by atoms with E-state index in [0.717, 1.165) is 12.8 Å². The van der Waals surface area contributed by atoms with Crippen molar-refractivity contribution in [3.05, 3.63) is 12.2 Å². The van der Waals surface area contributed by atoms with Gasteiger partial charge in [0.15, 0.2) is 0 Å². The van der Waals surface area contributed by atoms with E-state index in [2.05, 4.69) is 18.2 Å². The van der Waals surface area contributed by atoms with E-state index in [1.54, 1.807) is 6.92 Å². The van der Waals surface area contributed by atoms with Crippen LogP contribution >= 0.6 is 0 Å². The molecule has 0 saturated heterocycles. The van der Waals surface area contributed by atoms with Crippen LogP contribution in [0.3, 0.4) is 0 Å². The standard InChI is InChI=1S/C12H26O3S.C5H8O2.Na/c1-2-3-4-5-6-7-8-9-10-11-12-16(13,14)15;1-4(2)5(6)7-3;/h2-12H2,1H3,(H,13,14,15);1H2,2-3H3;/q;;+1/p-1. The van der Waals surface area contributed by atoms with E-state index >= 15 is 0 Å². The summed E-state index contributed by atoms with van der Waals surface area (Å²) in [5, 5.41) is 0. The minimum absolute atomic E-state index is 0. The third-order valence-corrected chi connectivity index (χ3v) is 4.07. The fourth-order valence-corrected chi connectivity index (χ4v) is 2.50. The molecule has 0 aliphatic heterocycles. The van der Waals surface area contributed by atoms with Crippen LogP contribution in [0.1, 0.15) is 78.1 Å². The van der Waals surface area contributed by atoms with Crippen molar-refractivity contribution < 1.29 is 52.1 Å². The van der Waals surface area contributed by atoms with Gasteiger partial charge in [0.2, 0.25) is 0 Å². The van der Waals surface area contributed by atoms with Crippen LogP contribution in [0.5, 0.6) is 0 Å². The second kappa shape index (κ2) is 19.4. The van der Waals surface area contributed by atoms with Gasteiger partial charge in [0.25, 0.3) is 0 Å². The Morgan fingerprint density at radius 2 is 1.33 bits per heavy atom. The second-order valence-electron chi connectivity index (χ2n) is 5.72. The number of esters is 1. The number of carbonyl (C=O) groups is 1. The van der Waals surface area contributed by atoms with Crippen LogP contribution in [0, 0.1) is 0 Å². The maximum atomic E-state index is 10.3. The van der Waals surface area contributed by atoms with E-state index in [0.29, 0.717) is 12.0 Å². The molecular weight excluding hydrogens is 339 g/mol. The Kier molecular flexibility index (Phi) is 23.4. The van der Waals surface area contributed by atoms with Gasteiger partial charge in [0, 0.05) is 11.3 Å². The van der Waals surface area contributed by atoms with Crippen molar-refractivity contribution in [2.24, 2.45) is 0 Å². The maximum absolute atomic E-state index is 10.3. The summed E-state index contributed by atoms with van der Waals surface area (Å²) in [4.78, 5) is 10.2. The topological polar surface area (TPSA) is 83.5 Å². The van der Waals surface area contributed by atoms with Crippen LogP contribution in [0.15, 0.2) is 12.2 Å². The summed E-state index contributed by atoms with van der Waals surface area (Å²) < 4.78 is 35.2. The van der Waals surface area contributed by atoms with Gasteiger partial charge in [-0.25, -0.2) is 13.2 Å². The molecule has 0 aromatic heterocycles. The molecule has 0 aliphatic carbocycles. The van der Waals surface area contributed by atoms with Crippen molar-refractivity contribution in [2.75, 3.05) is 12.9 Å². The molecule has 0 unspecified atom stereocenters. The Bertz CT molecular complexity index is 407. The van der Waals surface area contributed by atoms with Crippen molar-refractivity contribution in [1.29, 1.82) is 0 Å². The number of unbranched alkanes of at least 4 members (excludes halogenated alkanes) is 9. The summed E-state index contributed by atoms with van der Waals surface area (Å²) in [5.41, 5.74) is 0.433. The average molecular weight is 373 g/mol. The fraction of sp³-hybridized carbons (Fsp3) is 0.824. The summed E-state index contributed by atoms with van der Waals surface area (Å²) >= 11 is 0. The zero-order valence-corrected chi connectivity index (χ0v) is 18.8. The number of hydrogen-bond donors (Lipinski definition) is 0. The van der Waals surface area contributed by atoms with E-state index < -0.39 is 10.1 Å². The van der Waals surface area contributed by atoms with E-state index in [1.807, 2.05) is 0 Å².